The largest absolute Gasteiger partial charge is 0.353 e. The van der Waals surface area contributed by atoms with Crippen molar-refractivity contribution < 1.29 is 4.39 Å². The van der Waals surface area contributed by atoms with E-state index in [4.69, 9.17) is 5.73 Å². The van der Waals surface area contributed by atoms with E-state index in [0.717, 1.165) is 16.8 Å². The van der Waals surface area contributed by atoms with Gasteiger partial charge >= 0.3 is 0 Å². The number of hydrogen-bond donors (Lipinski definition) is 2. The van der Waals surface area contributed by atoms with Crippen molar-refractivity contribution in [1.82, 2.24) is 0 Å². The lowest BCUT2D eigenvalue weighted by molar-refractivity contribution is 0.629. The standard InChI is InChI=1S/C14H15FN2/c1-10-3-2-4-12(7-10)17-14-6-5-11(9-16)8-13(14)15/h2-8,17H,9,16H2,1H3. The zero-order chi connectivity index (χ0) is 12.3. The molecule has 0 saturated heterocycles. The predicted octanol–water partition coefficient (Wildman–Crippen LogP) is 3.34. The number of hydrogen-bond acceptors (Lipinski definition) is 2. The summed E-state index contributed by atoms with van der Waals surface area (Å²) in [6, 6.07) is 12.8. The first-order valence-electron chi connectivity index (χ1n) is 5.51. The fourth-order valence-electron chi connectivity index (χ4n) is 1.67. The number of halogens is 1. The summed E-state index contributed by atoms with van der Waals surface area (Å²) in [5, 5.41) is 3.05. The molecule has 0 aliphatic rings. The summed E-state index contributed by atoms with van der Waals surface area (Å²) < 4.78 is 13.7. The SMILES string of the molecule is Cc1cccc(Nc2ccc(CN)cc2F)c1. The predicted molar refractivity (Wildman–Crippen MR) is 68.8 cm³/mol. The average Bonchev–Trinajstić information content (AvgIpc) is 2.32. The summed E-state index contributed by atoms with van der Waals surface area (Å²) in [7, 11) is 0. The topological polar surface area (TPSA) is 38.0 Å². The molecule has 0 aromatic heterocycles. The fourth-order valence-corrected chi connectivity index (χ4v) is 1.67. The molecule has 0 fully saturated rings. The Balaban J connectivity index is 2.24. The lowest BCUT2D eigenvalue weighted by atomic mass is 10.2. The molecule has 17 heavy (non-hydrogen) atoms. The maximum Gasteiger partial charge on any atom is 0.146 e. The molecule has 0 aliphatic heterocycles. The molecule has 3 N–H and O–H groups in total. The lowest BCUT2D eigenvalue weighted by Gasteiger charge is -2.09. The van der Waals surface area contributed by atoms with Crippen molar-refractivity contribution >= 4 is 11.4 Å². The van der Waals surface area contributed by atoms with Crippen molar-refractivity contribution in [3.8, 4) is 0 Å². The van der Waals surface area contributed by atoms with E-state index < -0.39 is 0 Å². The van der Waals surface area contributed by atoms with Gasteiger partial charge in [0.1, 0.15) is 5.82 Å². The fraction of sp³-hybridized carbons (Fsp3) is 0.143. The summed E-state index contributed by atoms with van der Waals surface area (Å²) in [6.07, 6.45) is 0. The second-order valence-corrected chi connectivity index (χ2v) is 4.01. The van der Waals surface area contributed by atoms with Gasteiger partial charge in [-0.05, 0) is 42.3 Å². The molecule has 3 heteroatoms. The third-order valence-corrected chi connectivity index (χ3v) is 2.57. The molecule has 0 radical (unpaired) electrons. The molecule has 0 amide bonds. The van der Waals surface area contributed by atoms with Crippen molar-refractivity contribution in [2.45, 2.75) is 13.5 Å². The number of aryl methyl sites for hydroxylation is 1. The highest BCUT2D eigenvalue weighted by Gasteiger charge is 2.03. The minimum atomic E-state index is -0.283. The molecule has 88 valence electrons. The Kier molecular flexibility index (Phi) is 3.40. The number of benzene rings is 2. The van der Waals surface area contributed by atoms with E-state index in [1.54, 1.807) is 6.07 Å². The molecule has 0 atom stereocenters. The van der Waals surface area contributed by atoms with E-state index in [2.05, 4.69) is 5.32 Å². The third kappa shape index (κ3) is 2.82. The quantitative estimate of drug-likeness (QED) is 0.848. The van der Waals surface area contributed by atoms with E-state index in [0.29, 0.717) is 12.2 Å². The van der Waals surface area contributed by atoms with Crippen LogP contribution in [-0.4, -0.2) is 0 Å². The van der Waals surface area contributed by atoms with Gasteiger partial charge in [-0.15, -0.1) is 0 Å². The van der Waals surface area contributed by atoms with Gasteiger partial charge in [-0.25, -0.2) is 4.39 Å². The molecule has 2 rings (SSSR count). The molecule has 0 spiro atoms. The van der Waals surface area contributed by atoms with Gasteiger partial charge in [-0.3, -0.25) is 0 Å². The van der Waals surface area contributed by atoms with Gasteiger partial charge in [0.15, 0.2) is 0 Å². The highest BCUT2D eigenvalue weighted by Crippen LogP contribution is 2.21. The molecule has 2 aromatic rings. The van der Waals surface area contributed by atoms with Crippen LogP contribution in [0.15, 0.2) is 42.5 Å². The summed E-state index contributed by atoms with van der Waals surface area (Å²) >= 11 is 0. The monoisotopic (exact) mass is 230 g/mol. The molecule has 0 unspecified atom stereocenters. The van der Waals surface area contributed by atoms with Crippen molar-refractivity contribution in [3.05, 3.63) is 59.4 Å². The van der Waals surface area contributed by atoms with Gasteiger partial charge in [-0.1, -0.05) is 18.2 Å². The number of nitrogens with one attached hydrogen (secondary N) is 1. The Hall–Kier alpha value is -1.87. The highest BCUT2D eigenvalue weighted by atomic mass is 19.1. The average molecular weight is 230 g/mol. The van der Waals surface area contributed by atoms with Gasteiger partial charge in [0.2, 0.25) is 0 Å². The Labute approximate surface area is 100 Å². The zero-order valence-electron chi connectivity index (χ0n) is 9.70. The summed E-state index contributed by atoms with van der Waals surface area (Å²) in [5.74, 6) is -0.283. The van der Waals surface area contributed by atoms with E-state index in [-0.39, 0.29) is 5.82 Å². The summed E-state index contributed by atoms with van der Waals surface area (Å²) in [6.45, 7) is 2.35. The van der Waals surface area contributed by atoms with Crippen molar-refractivity contribution in [1.29, 1.82) is 0 Å². The van der Waals surface area contributed by atoms with Crippen LogP contribution in [0, 0.1) is 12.7 Å². The zero-order valence-corrected chi connectivity index (χ0v) is 9.70. The third-order valence-electron chi connectivity index (χ3n) is 2.57. The molecule has 2 nitrogen and oxygen atoms in total. The van der Waals surface area contributed by atoms with E-state index in [9.17, 15) is 4.39 Å². The molecule has 2 aromatic carbocycles. The Bertz CT molecular complexity index is 523. The number of anilines is 2. The van der Waals surface area contributed by atoms with Crippen molar-refractivity contribution in [3.63, 3.8) is 0 Å². The molecule has 0 heterocycles. The van der Waals surface area contributed by atoms with Gasteiger partial charge in [-0.2, -0.15) is 0 Å². The number of nitrogens with two attached hydrogens (primary N) is 1. The summed E-state index contributed by atoms with van der Waals surface area (Å²) in [5.41, 5.74) is 8.72. The Morgan fingerprint density at radius 3 is 2.65 bits per heavy atom. The van der Waals surface area contributed by atoms with E-state index in [1.807, 2.05) is 37.3 Å². The Morgan fingerprint density at radius 2 is 2.00 bits per heavy atom. The van der Waals surface area contributed by atoms with Crippen LogP contribution in [0.25, 0.3) is 0 Å². The van der Waals surface area contributed by atoms with Gasteiger partial charge in [0.25, 0.3) is 0 Å². The maximum absolute atomic E-state index is 13.7. The van der Waals surface area contributed by atoms with Crippen molar-refractivity contribution in [2.75, 3.05) is 5.32 Å². The lowest BCUT2D eigenvalue weighted by Crippen LogP contribution is -1.99. The van der Waals surface area contributed by atoms with Gasteiger partial charge < -0.3 is 11.1 Å². The molecular formula is C14H15FN2. The normalized spacial score (nSPS) is 10.3. The van der Waals surface area contributed by atoms with Crippen LogP contribution in [0.5, 0.6) is 0 Å². The molecular weight excluding hydrogens is 215 g/mol. The minimum absolute atomic E-state index is 0.283. The maximum atomic E-state index is 13.7. The molecule has 0 bridgehead atoms. The smallest absolute Gasteiger partial charge is 0.146 e. The molecule has 0 saturated carbocycles. The first kappa shape index (κ1) is 11.6. The highest BCUT2D eigenvalue weighted by molar-refractivity contribution is 5.61. The Morgan fingerprint density at radius 1 is 1.18 bits per heavy atom. The van der Waals surface area contributed by atoms with Crippen LogP contribution in [0.1, 0.15) is 11.1 Å². The van der Waals surface area contributed by atoms with E-state index >= 15 is 0 Å². The first-order valence-corrected chi connectivity index (χ1v) is 5.51. The minimum Gasteiger partial charge on any atom is -0.353 e. The molecule has 0 aliphatic carbocycles. The van der Waals surface area contributed by atoms with Gasteiger partial charge in [0.05, 0.1) is 5.69 Å². The second kappa shape index (κ2) is 4.97. The summed E-state index contributed by atoms with van der Waals surface area (Å²) in [4.78, 5) is 0. The van der Waals surface area contributed by atoms with Crippen LogP contribution in [0.2, 0.25) is 0 Å². The van der Waals surface area contributed by atoms with Crippen LogP contribution in [-0.2, 0) is 6.54 Å². The van der Waals surface area contributed by atoms with Crippen LogP contribution in [0.4, 0.5) is 15.8 Å². The second-order valence-electron chi connectivity index (χ2n) is 4.01. The van der Waals surface area contributed by atoms with Crippen LogP contribution in [0.3, 0.4) is 0 Å². The van der Waals surface area contributed by atoms with Crippen LogP contribution >= 0.6 is 0 Å². The van der Waals surface area contributed by atoms with E-state index in [1.165, 1.54) is 6.07 Å². The van der Waals surface area contributed by atoms with Gasteiger partial charge in [0, 0.05) is 12.2 Å². The van der Waals surface area contributed by atoms with Crippen LogP contribution < -0.4 is 11.1 Å². The number of rotatable bonds is 3. The van der Waals surface area contributed by atoms with Crippen molar-refractivity contribution in [2.24, 2.45) is 5.73 Å². The first-order chi connectivity index (χ1) is 8.19.